The maximum Gasteiger partial charge on any atom is 0.573 e. The number of alkyl halides is 4. The lowest BCUT2D eigenvalue weighted by Crippen LogP contribution is -2.17. The number of hydrogen-bond donors (Lipinski definition) is 0. The van der Waals surface area contributed by atoms with Gasteiger partial charge in [0, 0.05) is 17.3 Å². The highest BCUT2D eigenvalue weighted by atomic mass is 79.9. The first-order valence-electron chi connectivity index (χ1n) is 4.48. The fourth-order valence-corrected chi connectivity index (χ4v) is 1.63. The van der Waals surface area contributed by atoms with Crippen molar-refractivity contribution >= 4 is 33.3 Å². The standard InChI is InChI=1S/C10H7BrClF3O2/c11-4-3-8(16)6-1-2-7(12)9(5-6)17-10(13,14)15/h1-2,5H,3-4H2. The Kier molecular flexibility index (Phi) is 4.82. The van der Waals surface area contributed by atoms with Crippen molar-refractivity contribution in [1.82, 2.24) is 0 Å². The molecule has 0 heterocycles. The summed E-state index contributed by atoms with van der Waals surface area (Å²) in [5, 5.41) is 0.238. The van der Waals surface area contributed by atoms with Crippen LogP contribution in [0.15, 0.2) is 18.2 Å². The van der Waals surface area contributed by atoms with Crippen molar-refractivity contribution in [2.24, 2.45) is 0 Å². The molecule has 0 aliphatic rings. The number of ketones is 1. The molecular weight excluding hydrogens is 324 g/mol. The second-order valence-electron chi connectivity index (χ2n) is 3.06. The Morgan fingerprint density at radius 1 is 1.41 bits per heavy atom. The van der Waals surface area contributed by atoms with Crippen LogP contribution >= 0.6 is 27.5 Å². The summed E-state index contributed by atoms with van der Waals surface area (Å²) in [6.45, 7) is 0. The van der Waals surface area contributed by atoms with Gasteiger partial charge in [0.05, 0.1) is 5.02 Å². The van der Waals surface area contributed by atoms with Crippen LogP contribution in [0, 0.1) is 0 Å². The van der Waals surface area contributed by atoms with Gasteiger partial charge in [-0.2, -0.15) is 0 Å². The summed E-state index contributed by atoms with van der Waals surface area (Å²) in [5.74, 6) is -0.856. The molecule has 0 aromatic heterocycles. The minimum Gasteiger partial charge on any atom is -0.404 e. The maximum absolute atomic E-state index is 12.0. The van der Waals surface area contributed by atoms with E-state index < -0.39 is 12.1 Å². The minimum atomic E-state index is -4.83. The monoisotopic (exact) mass is 330 g/mol. The molecule has 0 fully saturated rings. The Labute approximate surface area is 109 Å². The Balaban J connectivity index is 2.98. The van der Waals surface area contributed by atoms with Gasteiger partial charge in [0.15, 0.2) is 5.78 Å². The third-order valence-corrected chi connectivity index (χ3v) is 2.51. The molecular formula is C10H7BrClF3O2. The quantitative estimate of drug-likeness (QED) is 0.610. The van der Waals surface area contributed by atoms with Crippen LogP contribution in [0.3, 0.4) is 0 Å². The van der Waals surface area contributed by atoms with Gasteiger partial charge in [0.25, 0.3) is 0 Å². The summed E-state index contributed by atoms with van der Waals surface area (Å²) in [4.78, 5) is 11.5. The SMILES string of the molecule is O=C(CCBr)c1ccc(Cl)c(OC(F)(F)F)c1. The Morgan fingerprint density at radius 3 is 2.59 bits per heavy atom. The first kappa shape index (κ1) is 14.3. The van der Waals surface area contributed by atoms with Gasteiger partial charge >= 0.3 is 6.36 Å². The van der Waals surface area contributed by atoms with E-state index in [2.05, 4.69) is 20.7 Å². The summed E-state index contributed by atoms with van der Waals surface area (Å²) < 4.78 is 39.8. The molecule has 0 bridgehead atoms. The van der Waals surface area contributed by atoms with Gasteiger partial charge in [-0.25, -0.2) is 0 Å². The van der Waals surface area contributed by atoms with Gasteiger partial charge in [0.2, 0.25) is 0 Å². The molecule has 1 rings (SSSR count). The predicted molar refractivity (Wildman–Crippen MR) is 60.9 cm³/mol. The molecule has 17 heavy (non-hydrogen) atoms. The van der Waals surface area contributed by atoms with E-state index in [-0.39, 0.29) is 22.8 Å². The first-order chi connectivity index (χ1) is 7.83. The average molecular weight is 332 g/mol. The van der Waals surface area contributed by atoms with Gasteiger partial charge in [-0.3, -0.25) is 4.79 Å². The first-order valence-corrected chi connectivity index (χ1v) is 5.98. The highest BCUT2D eigenvalue weighted by molar-refractivity contribution is 9.09. The van der Waals surface area contributed by atoms with Crippen molar-refractivity contribution in [1.29, 1.82) is 0 Å². The Hall–Kier alpha value is -0.750. The van der Waals surface area contributed by atoms with Crippen LogP contribution in [0.4, 0.5) is 13.2 Å². The molecule has 2 nitrogen and oxygen atoms in total. The molecule has 0 saturated heterocycles. The highest BCUT2D eigenvalue weighted by Crippen LogP contribution is 2.31. The van der Waals surface area contributed by atoms with Crippen LogP contribution < -0.4 is 4.74 Å². The fourth-order valence-electron chi connectivity index (χ4n) is 1.11. The van der Waals surface area contributed by atoms with Crippen molar-refractivity contribution < 1.29 is 22.7 Å². The molecule has 1 aromatic rings. The second-order valence-corrected chi connectivity index (χ2v) is 4.26. The van der Waals surface area contributed by atoms with E-state index >= 15 is 0 Å². The summed E-state index contributed by atoms with van der Waals surface area (Å²) in [6, 6.07) is 3.54. The van der Waals surface area contributed by atoms with E-state index in [9.17, 15) is 18.0 Å². The number of rotatable bonds is 4. The van der Waals surface area contributed by atoms with Gasteiger partial charge < -0.3 is 4.74 Å². The molecule has 1 aromatic carbocycles. The van der Waals surface area contributed by atoms with E-state index in [1.807, 2.05) is 0 Å². The van der Waals surface area contributed by atoms with Crippen LogP contribution in [-0.4, -0.2) is 17.5 Å². The largest absolute Gasteiger partial charge is 0.573 e. The number of benzene rings is 1. The normalized spacial score (nSPS) is 11.4. The Bertz CT molecular complexity index is 421. The summed E-state index contributed by atoms with van der Waals surface area (Å²) in [5.41, 5.74) is 0.132. The van der Waals surface area contributed by atoms with E-state index in [0.717, 1.165) is 6.07 Å². The van der Waals surface area contributed by atoms with Gasteiger partial charge in [0.1, 0.15) is 5.75 Å². The number of carbonyl (C=O) groups excluding carboxylic acids is 1. The number of hydrogen-bond acceptors (Lipinski definition) is 2. The van der Waals surface area contributed by atoms with Crippen LogP contribution in [0.2, 0.25) is 5.02 Å². The number of ether oxygens (including phenoxy) is 1. The van der Waals surface area contributed by atoms with Crippen molar-refractivity contribution in [3.63, 3.8) is 0 Å². The molecule has 0 radical (unpaired) electrons. The zero-order chi connectivity index (χ0) is 13.1. The molecule has 0 N–H and O–H groups in total. The van der Waals surface area contributed by atoms with Crippen molar-refractivity contribution in [2.75, 3.05) is 5.33 Å². The van der Waals surface area contributed by atoms with Crippen LogP contribution in [0.25, 0.3) is 0 Å². The average Bonchev–Trinajstić information content (AvgIpc) is 2.19. The molecule has 0 atom stereocenters. The van der Waals surface area contributed by atoms with E-state index in [1.165, 1.54) is 12.1 Å². The number of Topliss-reactive ketones (excluding diaryl/α,β-unsaturated/α-hetero) is 1. The van der Waals surface area contributed by atoms with Gasteiger partial charge in [-0.1, -0.05) is 27.5 Å². The molecule has 94 valence electrons. The van der Waals surface area contributed by atoms with E-state index in [1.54, 1.807) is 0 Å². The lowest BCUT2D eigenvalue weighted by atomic mass is 10.1. The van der Waals surface area contributed by atoms with Gasteiger partial charge in [-0.05, 0) is 18.2 Å². The van der Waals surface area contributed by atoms with Crippen LogP contribution in [0.1, 0.15) is 16.8 Å². The molecule has 0 amide bonds. The second kappa shape index (κ2) is 5.73. The zero-order valence-corrected chi connectivity index (χ0v) is 10.7. The maximum atomic E-state index is 12.0. The highest BCUT2D eigenvalue weighted by Gasteiger charge is 2.32. The topological polar surface area (TPSA) is 26.3 Å². The predicted octanol–water partition coefficient (Wildman–Crippen LogP) is 4.21. The van der Waals surface area contributed by atoms with Crippen LogP contribution in [-0.2, 0) is 0 Å². The summed E-state index contributed by atoms with van der Waals surface area (Å²) >= 11 is 8.61. The summed E-state index contributed by atoms with van der Waals surface area (Å²) in [6.07, 6.45) is -4.65. The number of halogens is 5. The van der Waals surface area contributed by atoms with Crippen LogP contribution in [0.5, 0.6) is 5.75 Å². The molecule has 0 unspecified atom stereocenters. The van der Waals surface area contributed by atoms with E-state index in [4.69, 9.17) is 11.6 Å². The lowest BCUT2D eigenvalue weighted by Gasteiger charge is -2.11. The zero-order valence-electron chi connectivity index (χ0n) is 8.35. The molecule has 0 saturated carbocycles. The third kappa shape index (κ3) is 4.55. The smallest absolute Gasteiger partial charge is 0.404 e. The van der Waals surface area contributed by atoms with Crippen molar-refractivity contribution in [2.45, 2.75) is 12.8 Å². The van der Waals surface area contributed by atoms with Crippen molar-refractivity contribution in [3.05, 3.63) is 28.8 Å². The third-order valence-electron chi connectivity index (χ3n) is 1.80. The Morgan fingerprint density at radius 2 is 2.06 bits per heavy atom. The summed E-state index contributed by atoms with van der Waals surface area (Å²) in [7, 11) is 0. The van der Waals surface area contributed by atoms with E-state index in [0.29, 0.717) is 5.33 Å². The lowest BCUT2D eigenvalue weighted by molar-refractivity contribution is -0.274. The minimum absolute atomic E-state index is 0.132. The molecule has 0 aliphatic carbocycles. The molecule has 0 spiro atoms. The molecule has 0 aliphatic heterocycles. The number of carbonyl (C=O) groups is 1. The van der Waals surface area contributed by atoms with Crippen molar-refractivity contribution in [3.8, 4) is 5.75 Å². The van der Waals surface area contributed by atoms with Gasteiger partial charge in [-0.15, -0.1) is 13.2 Å². The fraction of sp³-hybridized carbons (Fsp3) is 0.300. The molecule has 7 heteroatoms.